The van der Waals surface area contributed by atoms with Crippen molar-refractivity contribution in [2.24, 2.45) is 14.1 Å². The lowest BCUT2D eigenvalue weighted by Gasteiger charge is -2.13. The van der Waals surface area contributed by atoms with Crippen LogP contribution in [0.2, 0.25) is 0 Å². The van der Waals surface area contributed by atoms with Crippen molar-refractivity contribution >= 4 is 17.8 Å². The van der Waals surface area contributed by atoms with Crippen molar-refractivity contribution in [3.05, 3.63) is 91.5 Å². The number of ketones is 1. The molecule has 0 amide bonds. The van der Waals surface area contributed by atoms with Crippen LogP contribution in [0.1, 0.15) is 32.9 Å². The lowest BCUT2D eigenvalue weighted by atomic mass is 10.1. The van der Waals surface area contributed by atoms with Crippen LogP contribution in [0, 0.1) is 13.8 Å². The molecule has 1 aromatic carbocycles. The highest BCUT2D eigenvalue weighted by atomic mass is 19.4. The molecule has 0 fully saturated rings. The second-order valence-corrected chi connectivity index (χ2v) is 7.87. The van der Waals surface area contributed by atoms with Gasteiger partial charge < -0.3 is 13.9 Å². The third-order valence-corrected chi connectivity index (χ3v) is 5.38. The van der Waals surface area contributed by atoms with Crippen molar-refractivity contribution in [3.63, 3.8) is 0 Å². The van der Waals surface area contributed by atoms with E-state index in [-0.39, 0.29) is 16.8 Å². The molecule has 35 heavy (non-hydrogen) atoms. The van der Waals surface area contributed by atoms with E-state index >= 15 is 0 Å². The van der Waals surface area contributed by atoms with E-state index in [1.165, 1.54) is 53.7 Å². The van der Waals surface area contributed by atoms with E-state index in [2.05, 4.69) is 0 Å². The SMILES string of the molecule is Cc1cc(C(=O)COC(=O)/C=C/c2cn(C)c(=O)n(C)c2=O)c(C)n1-c1cccc(C(F)(F)F)c1. The van der Waals surface area contributed by atoms with Gasteiger partial charge in [0.1, 0.15) is 0 Å². The fourth-order valence-electron chi connectivity index (χ4n) is 3.63. The Morgan fingerprint density at radius 1 is 1.09 bits per heavy atom. The van der Waals surface area contributed by atoms with Crippen LogP contribution in [-0.2, 0) is 29.8 Å². The second-order valence-electron chi connectivity index (χ2n) is 7.87. The van der Waals surface area contributed by atoms with Gasteiger partial charge in [0.15, 0.2) is 6.61 Å². The lowest BCUT2D eigenvalue weighted by molar-refractivity contribution is -0.138. The van der Waals surface area contributed by atoms with E-state index in [0.717, 1.165) is 22.8 Å². The number of aromatic nitrogens is 3. The van der Waals surface area contributed by atoms with E-state index < -0.39 is 41.3 Å². The van der Waals surface area contributed by atoms with Crippen LogP contribution < -0.4 is 11.2 Å². The maximum absolute atomic E-state index is 13.1. The van der Waals surface area contributed by atoms with Crippen LogP contribution in [0.15, 0.2) is 52.2 Å². The molecule has 0 aliphatic heterocycles. The van der Waals surface area contributed by atoms with Gasteiger partial charge in [0.25, 0.3) is 5.56 Å². The zero-order valence-corrected chi connectivity index (χ0v) is 19.3. The molecule has 2 aromatic heterocycles. The number of halogens is 3. The number of rotatable bonds is 6. The molecule has 0 spiro atoms. The summed E-state index contributed by atoms with van der Waals surface area (Å²) in [6.07, 6.45) is -1.11. The Morgan fingerprint density at radius 2 is 1.77 bits per heavy atom. The average Bonchev–Trinajstić information content (AvgIpc) is 3.10. The minimum atomic E-state index is -4.51. The number of alkyl halides is 3. The highest BCUT2D eigenvalue weighted by Crippen LogP contribution is 2.31. The summed E-state index contributed by atoms with van der Waals surface area (Å²) in [4.78, 5) is 48.5. The van der Waals surface area contributed by atoms with Gasteiger partial charge in [-0.1, -0.05) is 6.07 Å². The van der Waals surface area contributed by atoms with Gasteiger partial charge >= 0.3 is 17.8 Å². The summed E-state index contributed by atoms with van der Waals surface area (Å²) in [5, 5.41) is 0. The van der Waals surface area contributed by atoms with Gasteiger partial charge in [0, 0.05) is 49.0 Å². The number of esters is 1. The van der Waals surface area contributed by atoms with Crippen molar-refractivity contribution in [2.75, 3.05) is 6.61 Å². The number of carbonyl (C=O) groups is 2. The fourth-order valence-corrected chi connectivity index (χ4v) is 3.63. The predicted molar refractivity (Wildman–Crippen MR) is 121 cm³/mol. The first kappa shape index (κ1) is 25.5. The van der Waals surface area contributed by atoms with E-state index in [9.17, 15) is 32.3 Å². The first-order chi connectivity index (χ1) is 16.3. The fraction of sp³-hybridized carbons (Fsp3) is 0.250. The Hall–Kier alpha value is -4.15. The average molecular weight is 489 g/mol. The zero-order chi connectivity index (χ0) is 26.1. The molecule has 184 valence electrons. The first-order valence-corrected chi connectivity index (χ1v) is 10.3. The number of aryl methyl sites for hydroxylation is 2. The quantitative estimate of drug-likeness (QED) is 0.302. The molecule has 3 aromatic rings. The Morgan fingerprint density at radius 3 is 2.43 bits per heavy atom. The van der Waals surface area contributed by atoms with Gasteiger partial charge in [-0.15, -0.1) is 0 Å². The molecular weight excluding hydrogens is 467 g/mol. The van der Waals surface area contributed by atoms with E-state index in [4.69, 9.17) is 4.74 Å². The van der Waals surface area contributed by atoms with Gasteiger partial charge in [0.05, 0.1) is 11.1 Å². The van der Waals surface area contributed by atoms with Crippen molar-refractivity contribution in [1.29, 1.82) is 0 Å². The summed E-state index contributed by atoms with van der Waals surface area (Å²) in [6.45, 7) is 2.62. The highest BCUT2D eigenvalue weighted by molar-refractivity contribution is 6.00. The molecule has 0 unspecified atom stereocenters. The molecular formula is C24H22F3N3O5. The molecule has 8 nitrogen and oxygen atoms in total. The largest absolute Gasteiger partial charge is 0.454 e. The zero-order valence-electron chi connectivity index (χ0n) is 19.3. The molecule has 3 rings (SSSR count). The Bertz CT molecular complexity index is 1460. The molecule has 0 aliphatic carbocycles. The minimum absolute atomic E-state index is 0.0718. The van der Waals surface area contributed by atoms with Crippen molar-refractivity contribution < 1.29 is 27.5 Å². The summed E-state index contributed by atoms with van der Waals surface area (Å²) < 4.78 is 47.8. The summed E-state index contributed by atoms with van der Waals surface area (Å²) >= 11 is 0. The van der Waals surface area contributed by atoms with Crippen molar-refractivity contribution in [1.82, 2.24) is 13.7 Å². The molecule has 11 heteroatoms. The van der Waals surface area contributed by atoms with E-state index in [1.807, 2.05) is 0 Å². The molecule has 0 radical (unpaired) electrons. The number of ether oxygens (including phenoxy) is 1. The number of nitrogens with zero attached hydrogens (tertiary/aromatic N) is 3. The van der Waals surface area contributed by atoms with Gasteiger partial charge in [-0.3, -0.25) is 14.2 Å². The summed E-state index contributed by atoms with van der Waals surface area (Å²) in [5.74, 6) is -1.43. The van der Waals surface area contributed by atoms with Crippen LogP contribution in [-0.4, -0.2) is 32.1 Å². The Balaban J connectivity index is 1.75. The minimum Gasteiger partial charge on any atom is -0.454 e. The number of Topliss-reactive ketones (excluding diaryl/α,β-unsaturated/α-hetero) is 1. The normalized spacial score (nSPS) is 11.7. The molecule has 0 aliphatic rings. The number of benzene rings is 1. The third kappa shape index (κ3) is 5.34. The third-order valence-electron chi connectivity index (χ3n) is 5.38. The smallest absolute Gasteiger partial charge is 0.416 e. The van der Waals surface area contributed by atoms with Gasteiger partial charge in [-0.05, 0) is 44.2 Å². The van der Waals surface area contributed by atoms with Crippen LogP contribution in [0.5, 0.6) is 0 Å². The van der Waals surface area contributed by atoms with Crippen LogP contribution in [0.25, 0.3) is 11.8 Å². The molecule has 0 N–H and O–H groups in total. The monoisotopic (exact) mass is 489 g/mol. The van der Waals surface area contributed by atoms with Crippen LogP contribution >= 0.6 is 0 Å². The van der Waals surface area contributed by atoms with Crippen LogP contribution in [0.4, 0.5) is 13.2 Å². The molecule has 0 saturated heterocycles. The molecule has 0 atom stereocenters. The lowest BCUT2D eigenvalue weighted by Crippen LogP contribution is -2.37. The number of hydrogen-bond acceptors (Lipinski definition) is 5. The number of hydrogen-bond donors (Lipinski definition) is 0. The first-order valence-electron chi connectivity index (χ1n) is 10.3. The topological polar surface area (TPSA) is 92.3 Å². The Kier molecular flexibility index (Phi) is 6.99. The predicted octanol–water partition coefficient (Wildman–Crippen LogP) is 2.95. The summed E-state index contributed by atoms with van der Waals surface area (Å²) in [7, 11) is 2.75. The summed E-state index contributed by atoms with van der Waals surface area (Å²) in [6, 6.07) is 6.24. The van der Waals surface area contributed by atoms with Gasteiger partial charge in [-0.2, -0.15) is 13.2 Å². The van der Waals surface area contributed by atoms with Crippen molar-refractivity contribution in [2.45, 2.75) is 20.0 Å². The Labute approximate surface area is 197 Å². The molecule has 0 saturated carbocycles. The van der Waals surface area contributed by atoms with Crippen LogP contribution in [0.3, 0.4) is 0 Å². The maximum Gasteiger partial charge on any atom is 0.416 e. The van der Waals surface area contributed by atoms with Gasteiger partial charge in [0.2, 0.25) is 5.78 Å². The maximum atomic E-state index is 13.1. The van der Waals surface area contributed by atoms with Gasteiger partial charge in [-0.25, -0.2) is 9.59 Å². The van der Waals surface area contributed by atoms with E-state index in [0.29, 0.717) is 11.4 Å². The summed E-state index contributed by atoms with van der Waals surface area (Å²) in [5.41, 5.74) is -0.504. The van der Waals surface area contributed by atoms with Crippen molar-refractivity contribution in [3.8, 4) is 5.69 Å². The molecule has 2 heterocycles. The second kappa shape index (κ2) is 9.61. The number of carbonyl (C=O) groups excluding carboxylic acids is 2. The van der Waals surface area contributed by atoms with E-state index in [1.54, 1.807) is 13.8 Å². The molecule has 0 bridgehead atoms. The highest BCUT2D eigenvalue weighted by Gasteiger charge is 2.31. The standard InChI is InChI=1S/C24H22F3N3O5/c1-14-10-19(15(2)30(14)18-7-5-6-17(11-18)24(25,26)27)20(31)13-35-21(32)9-8-16-12-28(3)23(34)29(4)22(16)33/h5-12H,13H2,1-4H3/b9-8+.